The van der Waals surface area contributed by atoms with Crippen molar-refractivity contribution in [2.45, 2.75) is 6.54 Å². The van der Waals surface area contributed by atoms with E-state index in [2.05, 4.69) is 5.32 Å². The molecule has 0 saturated heterocycles. The van der Waals surface area contributed by atoms with E-state index in [1.165, 1.54) is 11.3 Å². The van der Waals surface area contributed by atoms with Crippen LogP contribution < -0.4 is 5.32 Å². The van der Waals surface area contributed by atoms with Crippen molar-refractivity contribution in [1.29, 1.82) is 0 Å². The Morgan fingerprint density at radius 1 is 1.12 bits per heavy atom. The minimum Gasteiger partial charge on any atom is -0.378 e. The van der Waals surface area contributed by atoms with Crippen LogP contribution >= 0.6 is 22.9 Å². The summed E-state index contributed by atoms with van der Waals surface area (Å²) in [5, 5.41) is 5.02. The molecule has 0 aliphatic carbocycles. The Morgan fingerprint density at radius 3 is 2.47 bits per heavy atom. The summed E-state index contributed by atoms with van der Waals surface area (Å²) in [6.45, 7) is 0.262. The fourth-order valence-corrected chi connectivity index (χ4v) is 2.33. The van der Waals surface area contributed by atoms with Gasteiger partial charge in [0.25, 0.3) is 0 Å². The lowest BCUT2D eigenvalue weighted by Gasteiger charge is -2.07. The molecule has 0 radical (unpaired) electrons. The van der Waals surface area contributed by atoms with Crippen molar-refractivity contribution in [3.05, 3.63) is 50.9 Å². The average molecular weight is 278 g/mol. The van der Waals surface area contributed by atoms with Gasteiger partial charge in [-0.15, -0.1) is 11.3 Å². The van der Waals surface area contributed by atoms with Gasteiger partial charge in [0, 0.05) is 17.0 Å². The standard InChI is InChI=1S/C11H7ClF3NS/c12-6-1-2-17-11(6)5-16-10-4-8(14)7(13)3-9(10)15/h1-4,16H,5H2. The van der Waals surface area contributed by atoms with Gasteiger partial charge in [-0.25, -0.2) is 13.2 Å². The first-order valence-corrected chi connectivity index (χ1v) is 5.94. The second-order valence-electron chi connectivity index (χ2n) is 3.29. The second-order valence-corrected chi connectivity index (χ2v) is 4.70. The smallest absolute Gasteiger partial charge is 0.161 e. The molecule has 0 saturated carbocycles. The molecule has 1 aromatic carbocycles. The number of nitrogens with one attached hydrogen (secondary N) is 1. The van der Waals surface area contributed by atoms with Crippen molar-refractivity contribution in [3.8, 4) is 0 Å². The van der Waals surface area contributed by atoms with Gasteiger partial charge in [0.1, 0.15) is 5.82 Å². The molecule has 1 aromatic heterocycles. The van der Waals surface area contributed by atoms with E-state index < -0.39 is 17.5 Å². The number of anilines is 1. The molecule has 1 nitrogen and oxygen atoms in total. The zero-order chi connectivity index (χ0) is 12.4. The van der Waals surface area contributed by atoms with Crippen LogP contribution in [0.1, 0.15) is 4.88 Å². The molecule has 2 aromatic rings. The fourth-order valence-electron chi connectivity index (χ4n) is 1.28. The number of halogens is 4. The lowest BCUT2D eigenvalue weighted by atomic mass is 10.2. The fraction of sp³-hybridized carbons (Fsp3) is 0.0909. The Morgan fingerprint density at radius 2 is 1.82 bits per heavy atom. The first-order chi connectivity index (χ1) is 8.08. The highest BCUT2D eigenvalue weighted by atomic mass is 35.5. The number of benzene rings is 1. The highest BCUT2D eigenvalue weighted by molar-refractivity contribution is 7.10. The number of hydrogen-bond acceptors (Lipinski definition) is 2. The van der Waals surface area contributed by atoms with E-state index in [-0.39, 0.29) is 12.2 Å². The zero-order valence-corrected chi connectivity index (χ0v) is 10.0. The quantitative estimate of drug-likeness (QED) is 0.819. The summed E-state index contributed by atoms with van der Waals surface area (Å²) in [5.74, 6) is -3.13. The monoisotopic (exact) mass is 277 g/mol. The normalized spacial score (nSPS) is 10.6. The minimum atomic E-state index is -1.21. The van der Waals surface area contributed by atoms with E-state index in [0.717, 1.165) is 10.9 Å². The summed E-state index contributed by atoms with van der Waals surface area (Å²) in [4.78, 5) is 0.802. The van der Waals surface area contributed by atoms with E-state index in [4.69, 9.17) is 11.6 Å². The van der Waals surface area contributed by atoms with Crippen LogP contribution in [0, 0.1) is 17.5 Å². The molecule has 0 spiro atoms. The summed E-state index contributed by atoms with van der Waals surface area (Å²) in [7, 11) is 0. The maximum atomic E-state index is 13.3. The second kappa shape index (κ2) is 4.98. The van der Waals surface area contributed by atoms with E-state index >= 15 is 0 Å². The lowest BCUT2D eigenvalue weighted by Crippen LogP contribution is -2.02. The van der Waals surface area contributed by atoms with Crippen LogP contribution in [-0.4, -0.2) is 0 Å². The summed E-state index contributed by atoms with van der Waals surface area (Å²) < 4.78 is 38.8. The van der Waals surface area contributed by atoms with E-state index in [0.29, 0.717) is 11.1 Å². The molecular formula is C11H7ClF3NS. The molecule has 2 rings (SSSR count). The van der Waals surface area contributed by atoms with E-state index in [9.17, 15) is 13.2 Å². The Hall–Kier alpha value is -1.20. The highest BCUT2D eigenvalue weighted by Crippen LogP contribution is 2.24. The van der Waals surface area contributed by atoms with Crippen molar-refractivity contribution in [2.24, 2.45) is 0 Å². The molecule has 0 aliphatic heterocycles. The van der Waals surface area contributed by atoms with Gasteiger partial charge in [-0.2, -0.15) is 0 Å². The Balaban J connectivity index is 2.14. The molecule has 0 atom stereocenters. The van der Waals surface area contributed by atoms with Crippen LogP contribution in [0.3, 0.4) is 0 Å². The number of thiophene rings is 1. The van der Waals surface area contributed by atoms with Crippen LogP contribution in [-0.2, 0) is 6.54 Å². The summed E-state index contributed by atoms with van der Waals surface area (Å²) in [6.07, 6.45) is 0. The number of hydrogen-bond donors (Lipinski definition) is 1. The maximum Gasteiger partial charge on any atom is 0.161 e. The average Bonchev–Trinajstić information content (AvgIpc) is 2.68. The summed E-state index contributed by atoms with van der Waals surface area (Å²) in [6, 6.07) is 3.00. The van der Waals surface area contributed by atoms with Gasteiger partial charge in [-0.05, 0) is 11.4 Å². The molecule has 90 valence electrons. The predicted molar refractivity (Wildman–Crippen MR) is 63.0 cm³/mol. The lowest BCUT2D eigenvalue weighted by molar-refractivity contribution is 0.496. The largest absolute Gasteiger partial charge is 0.378 e. The van der Waals surface area contributed by atoms with Crippen LogP contribution in [0.25, 0.3) is 0 Å². The van der Waals surface area contributed by atoms with Gasteiger partial charge < -0.3 is 5.32 Å². The molecule has 0 unspecified atom stereocenters. The van der Waals surface area contributed by atoms with E-state index in [1.807, 2.05) is 0 Å². The van der Waals surface area contributed by atoms with Gasteiger partial charge in [0.05, 0.1) is 17.3 Å². The summed E-state index contributed by atoms with van der Waals surface area (Å²) >= 11 is 7.24. The van der Waals surface area contributed by atoms with Crippen LogP contribution in [0.5, 0.6) is 0 Å². The van der Waals surface area contributed by atoms with Crippen molar-refractivity contribution < 1.29 is 13.2 Å². The first-order valence-electron chi connectivity index (χ1n) is 4.68. The third-order valence-corrected chi connectivity index (χ3v) is 3.53. The topological polar surface area (TPSA) is 12.0 Å². The van der Waals surface area contributed by atoms with Crippen molar-refractivity contribution >= 4 is 28.6 Å². The first kappa shape index (κ1) is 12.3. The molecule has 1 heterocycles. The van der Waals surface area contributed by atoms with Gasteiger partial charge in [0.15, 0.2) is 11.6 Å². The van der Waals surface area contributed by atoms with Gasteiger partial charge in [-0.3, -0.25) is 0 Å². The highest BCUT2D eigenvalue weighted by Gasteiger charge is 2.10. The molecule has 0 amide bonds. The molecule has 0 aliphatic rings. The SMILES string of the molecule is Fc1cc(F)c(NCc2sccc2Cl)cc1F. The maximum absolute atomic E-state index is 13.3. The third-order valence-electron chi connectivity index (χ3n) is 2.14. The van der Waals surface area contributed by atoms with Gasteiger partial charge in [-0.1, -0.05) is 11.6 Å². The zero-order valence-electron chi connectivity index (χ0n) is 8.44. The van der Waals surface area contributed by atoms with Crippen LogP contribution in [0.15, 0.2) is 23.6 Å². The molecule has 17 heavy (non-hydrogen) atoms. The Bertz CT molecular complexity index is 542. The third kappa shape index (κ3) is 2.73. The van der Waals surface area contributed by atoms with Crippen molar-refractivity contribution in [2.75, 3.05) is 5.32 Å². The summed E-state index contributed by atoms with van der Waals surface area (Å²) in [5.41, 5.74) is -0.0895. The predicted octanol–water partition coefficient (Wildman–Crippen LogP) is 4.43. The van der Waals surface area contributed by atoms with Crippen molar-refractivity contribution in [3.63, 3.8) is 0 Å². The molecule has 0 bridgehead atoms. The molecule has 1 N–H and O–H groups in total. The Kier molecular flexibility index (Phi) is 3.59. The van der Waals surface area contributed by atoms with Crippen LogP contribution in [0.4, 0.5) is 18.9 Å². The molecule has 6 heteroatoms. The molecule has 0 fully saturated rings. The molecular weight excluding hydrogens is 271 g/mol. The minimum absolute atomic E-state index is 0.0895. The Labute approximate surface area is 105 Å². The van der Waals surface area contributed by atoms with Crippen molar-refractivity contribution in [1.82, 2.24) is 0 Å². The van der Waals surface area contributed by atoms with Gasteiger partial charge >= 0.3 is 0 Å². The van der Waals surface area contributed by atoms with Crippen LogP contribution in [0.2, 0.25) is 5.02 Å². The van der Waals surface area contributed by atoms with E-state index in [1.54, 1.807) is 11.4 Å². The van der Waals surface area contributed by atoms with Gasteiger partial charge in [0.2, 0.25) is 0 Å². The number of rotatable bonds is 3.